The molecule has 2 rings (SSSR count). The molecule has 5 heteroatoms. The molecule has 0 aromatic carbocycles. The van der Waals surface area contributed by atoms with Crippen LogP contribution in [0.4, 0.5) is 5.82 Å². The average molecular weight is 163 g/mol. The summed E-state index contributed by atoms with van der Waals surface area (Å²) in [5, 5.41) is 6.47. The van der Waals surface area contributed by atoms with Crippen LogP contribution in [0.3, 0.4) is 0 Å². The van der Waals surface area contributed by atoms with Crippen molar-refractivity contribution in [1.82, 2.24) is 19.7 Å². The van der Waals surface area contributed by atoms with E-state index in [0.717, 1.165) is 11.4 Å². The van der Waals surface area contributed by atoms with Crippen molar-refractivity contribution in [3.8, 4) is 11.4 Å². The van der Waals surface area contributed by atoms with Crippen LogP contribution in [0.15, 0.2) is 18.6 Å². The molecule has 0 bridgehead atoms. The third kappa shape index (κ3) is 0.868. The molecule has 3 N–H and O–H groups in total. The average Bonchev–Trinajstić information content (AvgIpc) is 2.59. The van der Waals surface area contributed by atoms with Gasteiger partial charge in [-0.3, -0.25) is 5.10 Å². The number of imidazole rings is 1. The van der Waals surface area contributed by atoms with Gasteiger partial charge >= 0.3 is 0 Å². The molecule has 0 unspecified atom stereocenters. The lowest BCUT2D eigenvalue weighted by atomic mass is 10.3. The molecule has 0 aliphatic rings. The normalized spacial score (nSPS) is 10.4. The van der Waals surface area contributed by atoms with Crippen LogP contribution in [0.5, 0.6) is 0 Å². The highest BCUT2D eigenvalue weighted by atomic mass is 15.2. The molecule has 0 fully saturated rings. The molecule has 5 nitrogen and oxygen atoms in total. The third-order valence-corrected chi connectivity index (χ3v) is 1.73. The molecule has 0 aliphatic heterocycles. The Labute approximate surface area is 69.2 Å². The van der Waals surface area contributed by atoms with E-state index >= 15 is 0 Å². The second-order valence-corrected chi connectivity index (χ2v) is 2.56. The van der Waals surface area contributed by atoms with Gasteiger partial charge in [0.15, 0.2) is 0 Å². The lowest BCUT2D eigenvalue weighted by Gasteiger charge is -1.97. The lowest BCUT2D eigenvalue weighted by Crippen LogP contribution is -1.94. The first kappa shape index (κ1) is 6.90. The number of rotatable bonds is 1. The van der Waals surface area contributed by atoms with Crippen LogP contribution < -0.4 is 5.73 Å². The van der Waals surface area contributed by atoms with Gasteiger partial charge in [0.05, 0.1) is 11.8 Å². The minimum Gasteiger partial charge on any atom is -0.383 e. The van der Waals surface area contributed by atoms with Crippen LogP contribution in [0.25, 0.3) is 11.4 Å². The Morgan fingerprint density at radius 1 is 1.58 bits per heavy atom. The minimum absolute atomic E-state index is 0.546. The van der Waals surface area contributed by atoms with E-state index in [4.69, 9.17) is 5.73 Å². The molecule has 0 radical (unpaired) electrons. The quantitative estimate of drug-likeness (QED) is 0.638. The first-order valence-electron chi connectivity index (χ1n) is 3.55. The van der Waals surface area contributed by atoms with Gasteiger partial charge in [0, 0.05) is 19.4 Å². The molecule has 62 valence electrons. The Balaban J connectivity index is 2.57. The van der Waals surface area contributed by atoms with E-state index in [0.29, 0.717) is 5.82 Å². The summed E-state index contributed by atoms with van der Waals surface area (Å²) < 4.78 is 1.89. The van der Waals surface area contributed by atoms with E-state index < -0.39 is 0 Å². The molecule has 0 amide bonds. The molecule has 0 atom stereocenters. The first-order chi connectivity index (χ1) is 5.79. The van der Waals surface area contributed by atoms with Gasteiger partial charge in [-0.2, -0.15) is 5.10 Å². The maximum Gasteiger partial charge on any atom is 0.144 e. The van der Waals surface area contributed by atoms with Crippen LogP contribution in [-0.4, -0.2) is 19.7 Å². The molecule has 0 saturated heterocycles. The van der Waals surface area contributed by atoms with Gasteiger partial charge in [0.2, 0.25) is 0 Å². The number of hydrogen-bond acceptors (Lipinski definition) is 3. The number of aromatic amines is 1. The zero-order valence-corrected chi connectivity index (χ0v) is 6.65. The van der Waals surface area contributed by atoms with E-state index in [2.05, 4.69) is 15.2 Å². The molecule has 2 heterocycles. The van der Waals surface area contributed by atoms with Crippen molar-refractivity contribution in [2.75, 3.05) is 5.73 Å². The second kappa shape index (κ2) is 2.37. The summed E-state index contributed by atoms with van der Waals surface area (Å²) in [6, 6.07) is 0. The van der Waals surface area contributed by atoms with Crippen molar-refractivity contribution in [1.29, 1.82) is 0 Å². The highest BCUT2D eigenvalue weighted by Gasteiger charge is 2.07. The Morgan fingerprint density at radius 3 is 2.92 bits per heavy atom. The monoisotopic (exact) mass is 163 g/mol. The van der Waals surface area contributed by atoms with E-state index in [1.54, 1.807) is 12.4 Å². The first-order valence-corrected chi connectivity index (χ1v) is 3.55. The van der Waals surface area contributed by atoms with E-state index in [-0.39, 0.29) is 0 Å². The zero-order valence-electron chi connectivity index (χ0n) is 6.65. The van der Waals surface area contributed by atoms with Gasteiger partial charge in [0.1, 0.15) is 11.6 Å². The van der Waals surface area contributed by atoms with Crippen LogP contribution in [-0.2, 0) is 7.05 Å². The predicted molar refractivity (Wildman–Crippen MR) is 45.2 cm³/mol. The van der Waals surface area contributed by atoms with Crippen molar-refractivity contribution >= 4 is 5.82 Å². The summed E-state index contributed by atoms with van der Waals surface area (Å²) >= 11 is 0. The summed E-state index contributed by atoms with van der Waals surface area (Å²) in [5.74, 6) is 1.37. The zero-order chi connectivity index (χ0) is 8.55. The van der Waals surface area contributed by atoms with E-state index in [9.17, 15) is 0 Å². The Morgan fingerprint density at radius 2 is 2.42 bits per heavy atom. The number of nitrogen functional groups attached to an aromatic ring is 1. The Kier molecular flexibility index (Phi) is 1.36. The van der Waals surface area contributed by atoms with E-state index in [1.807, 2.05) is 17.8 Å². The molecular weight excluding hydrogens is 154 g/mol. The summed E-state index contributed by atoms with van der Waals surface area (Å²) in [7, 11) is 1.91. The summed E-state index contributed by atoms with van der Waals surface area (Å²) in [4.78, 5) is 4.14. The van der Waals surface area contributed by atoms with E-state index in [1.165, 1.54) is 0 Å². The molecule has 2 aromatic rings. The second-order valence-electron chi connectivity index (χ2n) is 2.56. The molecule has 0 aliphatic carbocycles. The number of hydrogen-bond donors (Lipinski definition) is 2. The number of aromatic nitrogens is 4. The molecule has 2 aromatic heterocycles. The SMILES string of the molecule is Cn1ccnc1-c1cn[nH]c1N. The molecule has 12 heavy (non-hydrogen) atoms. The van der Waals surface area contributed by atoms with Crippen LogP contribution in [0.1, 0.15) is 0 Å². The number of nitrogens with one attached hydrogen (secondary N) is 1. The van der Waals surface area contributed by atoms with Gasteiger partial charge in [0.25, 0.3) is 0 Å². The lowest BCUT2D eigenvalue weighted by molar-refractivity contribution is 0.925. The van der Waals surface area contributed by atoms with Crippen LogP contribution in [0.2, 0.25) is 0 Å². The predicted octanol–water partition coefficient (Wildman–Crippen LogP) is 0.392. The van der Waals surface area contributed by atoms with Crippen LogP contribution in [0, 0.1) is 0 Å². The maximum atomic E-state index is 5.63. The minimum atomic E-state index is 0.546. The molecular formula is C7H9N5. The van der Waals surface area contributed by atoms with Crippen molar-refractivity contribution in [2.24, 2.45) is 7.05 Å². The summed E-state index contributed by atoms with van der Waals surface area (Å²) in [6.45, 7) is 0. The fourth-order valence-corrected chi connectivity index (χ4v) is 1.10. The number of aryl methyl sites for hydroxylation is 1. The van der Waals surface area contributed by atoms with Gasteiger partial charge in [-0.15, -0.1) is 0 Å². The Bertz CT molecular complexity index is 348. The van der Waals surface area contributed by atoms with Gasteiger partial charge in [-0.25, -0.2) is 4.98 Å². The number of H-pyrrole nitrogens is 1. The third-order valence-electron chi connectivity index (χ3n) is 1.73. The fourth-order valence-electron chi connectivity index (χ4n) is 1.10. The van der Waals surface area contributed by atoms with Gasteiger partial charge in [-0.05, 0) is 0 Å². The highest BCUT2D eigenvalue weighted by Crippen LogP contribution is 2.20. The summed E-state index contributed by atoms with van der Waals surface area (Å²) in [6.07, 6.45) is 5.25. The fraction of sp³-hybridized carbons (Fsp3) is 0.143. The summed E-state index contributed by atoms with van der Waals surface area (Å²) in [5.41, 5.74) is 6.46. The maximum absolute atomic E-state index is 5.63. The number of nitrogens with two attached hydrogens (primary N) is 1. The molecule has 0 spiro atoms. The largest absolute Gasteiger partial charge is 0.383 e. The standard InChI is InChI=1S/C7H9N5/c1-12-3-2-9-7(12)5-4-10-11-6(5)8/h2-4H,1H3,(H3,8,10,11). The molecule has 0 saturated carbocycles. The number of anilines is 1. The smallest absolute Gasteiger partial charge is 0.144 e. The van der Waals surface area contributed by atoms with Crippen molar-refractivity contribution in [2.45, 2.75) is 0 Å². The van der Waals surface area contributed by atoms with Crippen molar-refractivity contribution < 1.29 is 0 Å². The van der Waals surface area contributed by atoms with Crippen molar-refractivity contribution in [3.63, 3.8) is 0 Å². The van der Waals surface area contributed by atoms with Crippen molar-refractivity contribution in [3.05, 3.63) is 18.6 Å². The van der Waals surface area contributed by atoms with Gasteiger partial charge in [-0.1, -0.05) is 0 Å². The topological polar surface area (TPSA) is 72.5 Å². The highest BCUT2D eigenvalue weighted by molar-refractivity contribution is 5.67. The van der Waals surface area contributed by atoms with Gasteiger partial charge < -0.3 is 10.3 Å². The number of nitrogens with zero attached hydrogens (tertiary/aromatic N) is 3. The Hall–Kier alpha value is -1.78. The van der Waals surface area contributed by atoms with Crippen LogP contribution >= 0.6 is 0 Å².